The second-order valence-corrected chi connectivity index (χ2v) is 6.16. The van der Waals surface area contributed by atoms with Gasteiger partial charge in [0.15, 0.2) is 0 Å². The highest BCUT2D eigenvalue weighted by molar-refractivity contribution is 5.75. The first kappa shape index (κ1) is 16.1. The third-order valence-electron chi connectivity index (χ3n) is 3.62. The van der Waals surface area contributed by atoms with E-state index in [2.05, 4.69) is 60.5 Å². The molecule has 0 saturated carbocycles. The summed E-state index contributed by atoms with van der Waals surface area (Å²) in [5.74, 6) is 1.35. The van der Waals surface area contributed by atoms with E-state index >= 15 is 0 Å². The van der Waals surface area contributed by atoms with Crippen LogP contribution in [0.5, 0.6) is 5.75 Å². The van der Waals surface area contributed by atoms with E-state index in [1.165, 1.54) is 5.56 Å². The number of H-pyrrole nitrogens is 1. The predicted molar refractivity (Wildman–Crippen MR) is 99.7 cm³/mol. The molecule has 0 amide bonds. The van der Waals surface area contributed by atoms with Gasteiger partial charge >= 0.3 is 0 Å². The van der Waals surface area contributed by atoms with Gasteiger partial charge in [-0.2, -0.15) is 5.10 Å². The maximum absolute atomic E-state index is 5.96. The molecule has 0 aliphatic carbocycles. The van der Waals surface area contributed by atoms with E-state index < -0.39 is 0 Å². The molecule has 0 unspecified atom stereocenters. The van der Waals surface area contributed by atoms with Crippen molar-refractivity contribution < 1.29 is 4.74 Å². The number of aromatic nitrogens is 2. The van der Waals surface area contributed by atoms with Gasteiger partial charge in [-0.25, -0.2) is 0 Å². The van der Waals surface area contributed by atoms with Crippen molar-refractivity contribution in [3.05, 3.63) is 71.9 Å². The fourth-order valence-corrected chi connectivity index (χ4v) is 2.40. The average Bonchev–Trinajstić information content (AvgIpc) is 3.14. The monoisotopic (exact) mass is 318 g/mol. The molecule has 0 bridgehead atoms. The Kier molecular flexibility index (Phi) is 5.12. The number of aromatic amines is 1. The Morgan fingerprint density at radius 2 is 1.79 bits per heavy atom. The standard InChI is InChI=1S/C21H22N2O/c1-16(2)15-24-21-11-10-18(9-8-17-6-4-3-5-7-17)14-19(21)20-12-13-22-23-20/h3-14,16H,15H2,1-2H3,(H,22,23). The number of benzene rings is 2. The summed E-state index contributed by atoms with van der Waals surface area (Å²) >= 11 is 0. The van der Waals surface area contributed by atoms with Crippen molar-refractivity contribution in [2.24, 2.45) is 5.92 Å². The fraction of sp³-hybridized carbons (Fsp3) is 0.190. The lowest BCUT2D eigenvalue weighted by Gasteiger charge is -2.13. The molecular formula is C21H22N2O. The first-order valence-electron chi connectivity index (χ1n) is 8.22. The molecule has 122 valence electrons. The van der Waals surface area contributed by atoms with Gasteiger partial charge in [0, 0.05) is 11.8 Å². The van der Waals surface area contributed by atoms with E-state index in [0.29, 0.717) is 12.5 Å². The topological polar surface area (TPSA) is 37.9 Å². The molecule has 0 atom stereocenters. The van der Waals surface area contributed by atoms with Gasteiger partial charge in [-0.15, -0.1) is 0 Å². The van der Waals surface area contributed by atoms with E-state index in [9.17, 15) is 0 Å². The summed E-state index contributed by atoms with van der Waals surface area (Å²) in [4.78, 5) is 0. The molecule has 3 heteroatoms. The van der Waals surface area contributed by atoms with E-state index in [0.717, 1.165) is 22.6 Å². The second-order valence-electron chi connectivity index (χ2n) is 6.16. The largest absolute Gasteiger partial charge is 0.493 e. The molecular weight excluding hydrogens is 296 g/mol. The van der Waals surface area contributed by atoms with E-state index in [4.69, 9.17) is 4.74 Å². The zero-order valence-electron chi connectivity index (χ0n) is 14.1. The second kappa shape index (κ2) is 7.64. The minimum Gasteiger partial charge on any atom is -0.493 e. The van der Waals surface area contributed by atoms with Crippen LogP contribution < -0.4 is 4.74 Å². The molecule has 0 saturated heterocycles. The smallest absolute Gasteiger partial charge is 0.128 e. The highest BCUT2D eigenvalue weighted by atomic mass is 16.5. The lowest BCUT2D eigenvalue weighted by atomic mass is 10.1. The molecule has 2 aromatic carbocycles. The van der Waals surface area contributed by atoms with Gasteiger partial charge in [-0.3, -0.25) is 5.10 Å². The average molecular weight is 318 g/mol. The van der Waals surface area contributed by atoms with Gasteiger partial charge in [0.25, 0.3) is 0 Å². The summed E-state index contributed by atoms with van der Waals surface area (Å²) in [5.41, 5.74) is 4.20. The zero-order chi connectivity index (χ0) is 16.8. The predicted octanol–water partition coefficient (Wildman–Crippen LogP) is 5.28. The molecule has 0 radical (unpaired) electrons. The summed E-state index contributed by atoms with van der Waals surface area (Å²) in [6, 6.07) is 18.5. The molecule has 0 spiro atoms. The van der Waals surface area contributed by atoms with Gasteiger partial charge in [0.1, 0.15) is 5.75 Å². The van der Waals surface area contributed by atoms with Crippen LogP contribution in [-0.4, -0.2) is 16.8 Å². The highest BCUT2D eigenvalue weighted by Gasteiger charge is 2.10. The molecule has 24 heavy (non-hydrogen) atoms. The van der Waals surface area contributed by atoms with Crippen LogP contribution in [-0.2, 0) is 0 Å². The third-order valence-corrected chi connectivity index (χ3v) is 3.62. The SMILES string of the molecule is CC(C)COc1ccc(C=Cc2ccccc2)cc1-c1cc[nH]n1. The van der Waals surface area contributed by atoms with Crippen molar-refractivity contribution in [3.8, 4) is 17.0 Å². The first-order valence-corrected chi connectivity index (χ1v) is 8.22. The Morgan fingerprint density at radius 1 is 1.00 bits per heavy atom. The van der Waals surface area contributed by atoms with Crippen LogP contribution in [0.3, 0.4) is 0 Å². The minimum atomic E-state index is 0.481. The van der Waals surface area contributed by atoms with E-state index in [1.54, 1.807) is 0 Å². The summed E-state index contributed by atoms with van der Waals surface area (Å²) in [6.07, 6.45) is 6.05. The van der Waals surface area contributed by atoms with Crippen LogP contribution in [0.1, 0.15) is 25.0 Å². The Hall–Kier alpha value is -2.81. The lowest BCUT2D eigenvalue weighted by molar-refractivity contribution is 0.272. The van der Waals surface area contributed by atoms with Crippen molar-refractivity contribution in [2.75, 3.05) is 6.61 Å². The molecule has 0 aliphatic heterocycles. The number of rotatable bonds is 6. The minimum absolute atomic E-state index is 0.481. The van der Waals surface area contributed by atoms with Crippen molar-refractivity contribution >= 4 is 12.2 Å². The molecule has 1 N–H and O–H groups in total. The molecule has 3 rings (SSSR count). The number of nitrogens with zero attached hydrogens (tertiary/aromatic N) is 1. The van der Waals surface area contributed by atoms with Crippen molar-refractivity contribution in [3.63, 3.8) is 0 Å². The van der Waals surface area contributed by atoms with Crippen molar-refractivity contribution in [1.29, 1.82) is 0 Å². The zero-order valence-corrected chi connectivity index (χ0v) is 14.1. The Bertz CT molecular complexity index is 790. The lowest BCUT2D eigenvalue weighted by Crippen LogP contribution is -2.05. The first-order chi connectivity index (χ1) is 11.7. The van der Waals surface area contributed by atoms with Gasteiger partial charge in [-0.1, -0.05) is 62.4 Å². The van der Waals surface area contributed by atoms with Gasteiger partial charge in [0.05, 0.1) is 12.3 Å². The Balaban J connectivity index is 1.89. The quantitative estimate of drug-likeness (QED) is 0.628. The normalized spacial score (nSPS) is 11.3. The molecule has 1 aromatic heterocycles. The van der Waals surface area contributed by atoms with Crippen LogP contribution in [0.15, 0.2) is 60.8 Å². The van der Waals surface area contributed by atoms with Crippen LogP contribution in [0.25, 0.3) is 23.4 Å². The number of ether oxygens (including phenoxy) is 1. The van der Waals surface area contributed by atoms with Gasteiger partial charge < -0.3 is 4.74 Å². The molecule has 0 aliphatic rings. The molecule has 3 aromatic rings. The summed E-state index contributed by atoms with van der Waals surface area (Å²) in [6.45, 7) is 4.98. The van der Waals surface area contributed by atoms with Crippen LogP contribution in [0.2, 0.25) is 0 Å². The maximum atomic E-state index is 5.96. The van der Waals surface area contributed by atoms with Crippen LogP contribution >= 0.6 is 0 Å². The van der Waals surface area contributed by atoms with Crippen molar-refractivity contribution in [1.82, 2.24) is 10.2 Å². The number of hydrogen-bond acceptors (Lipinski definition) is 2. The number of nitrogens with one attached hydrogen (secondary N) is 1. The molecule has 1 heterocycles. The summed E-state index contributed by atoms with van der Waals surface area (Å²) in [7, 11) is 0. The highest BCUT2D eigenvalue weighted by Crippen LogP contribution is 2.30. The summed E-state index contributed by atoms with van der Waals surface area (Å²) in [5, 5.41) is 7.18. The molecule has 3 nitrogen and oxygen atoms in total. The summed E-state index contributed by atoms with van der Waals surface area (Å²) < 4.78 is 5.96. The van der Waals surface area contributed by atoms with Crippen LogP contribution in [0, 0.1) is 5.92 Å². The van der Waals surface area contributed by atoms with E-state index in [1.807, 2.05) is 36.5 Å². The molecule has 0 fully saturated rings. The third kappa shape index (κ3) is 4.13. The van der Waals surface area contributed by atoms with Gasteiger partial charge in [-0.05, 0) is 35.2 Å². The maximum Gasteiger partial charge on any atom is 0.128 e. The van der Waals surface area contributed by atoms with E-state index in [-0.39, 0.29) is 0 Å². The van der Waals surface area contributed by atoms with Crippen molar-refractivity contribution in [2.45, 2.75) is 13.8 Å². The Labute approximate surface area is 143 Å². The van der Waals surface area contributed by atoms with Gasteiger partial charge in [0.2, 0.25) is 0 Å². The number of hydrogen-bond donors (Lipinski definition) is 1. The fourth-order valence-electron chi connectivity index (χ4n) is 2.40. The Morgan fingerprint density at radius 3 is 2.50 bits per heavy atom. The van der Waals surface area contributed by atoms with Crippen LogP contribution in [0.4, 0.5) is 0 Å².